The van der Waals surface area contributed by atoms with Gasteiger partial charge in [0, 0.05) is 40.5 Å². The van der Waals surface area contributed by atoms with E-state index in [0.717, 1.165) is 27.6 Å². The molecule has 0 atom stereocenters. The third-order valence-corrected chi connectivity index (χ3v) is 5.89. The Bertz CT molecular complexity index is 1080. The zero-order valence-corrected chi connectivity index (χ0v) is 17.1. The average molecular weight is 410 g/mol. The van der Waals surface area contributed by atoms with Crippen molar-refractivity contribution in [2.75, 3.05) is 5.73 Å². The van der Waals surface area contributed by atoms with Gasteiger partial charge in [0.2, 0.25) is 6.41 Å². The van der Waals surface area contributed by atoms with Gasteiger partial charge in [-0.25, -0.2) is 0 Å². The molecule has 0 saturated heterocycles. The molecule has 0 unspecified atom stereocenters. The highest BCUT2D eigenvalue weighted by Gasteiger charge is 2.21. The summed E-state index contributed by atoms with van der Waals surface area (Å²) < 4.78 is 2.37. The van der Waals surface area contributed by atoms with E-state index < -0.39 is 0 Å². The monoisotopic (exact) mass is 409 g/mol. The van der Waals surface area contributed by atoms with E-state index in [-0.39, 0.29) is 6.41 Å². The SMILES string of the molecule is Cc1cc2c(cc1C#N)c(-c1cncc(N)c1Cl)cn2C1CCCCC1.NC=O. The first-order valence-electron chi connectivity index (χ1n) is 9.61. The number of rotatable bonds is 2. The van der Waals surface area contributed by atoms with Crippen LogP contribution >= 0.6 is 11.6 Å². The van der Waals surface area contributed by atoms with E-state index in [4.69, 9.17) is 22.1 Å². The molecular formula is C22H24ClN5O. The summed E-state index contributed by atoms with van der Waals surface area (Å²) in [7, 11) is 0. The molecule has 2 heterocycles. The molecule has 2 aromatic heterocycles. The van der Waals surface area contributed by atoms with Crippen molar-refractivity contribution >= 4 is 34.6 Å². The Morgan fingerprint density at radius 1 is 1.24 bits per heavy atom. The number of fused-ring (bicyclic) bond motifs is 1. The number of aryl methyl sites for hydroxylation is 1. The molecule has 1 aromatic carbocycles. The standard InChI is InChI=1S/C21H21ClN4.CH3NO/c1-13-7-20-16(8-14(13)9-23)18(17-10-25-11-19(24)21(17)22)12-26(20)15-5-3-2-4-6-15;2-1-3/h7-8,10-12,15H,2-6,24H2,1H3;1H,(H2,2,3). The Kier molecular flexibility index (Phi) is 6.40. The number of aromatic nitrogens is 2. The summed E-state index contributed by atoms with van der Waals surface area (Å²) in [5.41, 5.74) is 15.3. The molecule has 1 saturated carbocycles. The lowest BCUT2D eigenvalue weighted by Crippen LogP contribution is -2.11. The summed E-state index contributed by atoms with van der Waals surface area (Å²) in [6.45, 7) is 1.99. The molecule has 1 amide bonds. The van der Waals surface area contributed by atoms with Gasteiger partial charge in [-0.15, -0.1) is 0 Å². The summed E-state index contributed by atoms with van der Waals surface area (Å²) in [6, 6.07) is 6.88. The van der Waals surface area contributed by atoms with Crippen molar-refractivity contribution in [1.29, 1.82) is 5.26 Å². The van der Waals surface area contributed by atoms with Crippen LogP contribution in [0.5, 0.6) is 0 Å². The number of halogens is 1. The lowest BCUT2D eigenvalue weighted by molar-refractivity contribution is -0.106. The molecule has 29 heavy (non-hydrogen) atoms. The lowest BCUT2D eigenvalue weighted by atomic mass is 9.95. The maximum Gasteiger partial charge on any atom is 0.204 e. The van der Waals surface area contributed by atoms with Crippen LogP contribution in [-0.2, 0) is 4.79 Å². The van der Waals surface area contributed by atoms with Gasteiger partial charge in [0.15, 0.2) is 0 Å². The predicted molar refractivity (Wildman–Crippen MR) is 116 cm³/mol. The van der Waals surface area contributed by atoms with Crippen molar-refractivity contribution in [3.63, 3.8) is 0 Å². The van der Waals surface area contributed by atoms with Gasteiger partial charge < -0.3 is 16.0 Å². The van der Waals surface area contributed by atoms with Crippen LogP contribution in [0.15, 0.2) is 30.7 Å². The number of pyridine rings is 1. The number of anilines is 1. The highest BCUT2D eigenvalue weighted by Crippen LogP contribution is 2.41. The number of carbonyl (C=O) groups excluding carboxylic acids is 1. The average Bonchev–Trinajstić information content (AvgIpc) is 3.08. The van der Waals surface area contributed by atoms with Gasteiger partial charge in [0.1, 0.15) is 0 Å². The molecular weight excluding hydrogens is 386 g/mol. The van der Waals surface area contributed by atoms with Crippen molar-refractivity contribution in [3.05, 3.63) is 46.9 Å². The van der Waals surface area contributed by atoms with Gasteiger partial charge in [-0.1, -0.05) is 30.9 Å². The van der Waals surface area contributed by atoms with E-state index in [1.54, 1.807) is 12.4 Å². The van der Waals surface area contributed by atoms with Gasteiger partial charge >= 0.3 is 0 Å². The highest BCUT2D eigenvalue weighted by molar-refractivity contribution is 6.36. The van der Waals surface area contributed by atoms with Crippen LogP contribution < -0.4 is 11.5 Å². The number of amides is 1. The van der Waals surface area contributed by atoms with E-state index >= 15 is 0 Å². The zero-order chi connectivity index (χ0) is 21.0. The maximum absolute atomic E-state index is 9.48. The topological polar surface area (TPSA) is 111 Å². The van der Waals surface area contributed by atoms with Crippen LogP contribution in [0.25, 0.3) is 22.0 Å². The molecule has 3 aromatic rings. The van der Waals surface area contributed by atoms with Crippen LogP contribution in [0.2, 0.25) is 5.02 Å². The van der Waals surface area contributed by atoms with E-state index in [9.17, 15) is 5.26 Å². The molecule has 0 spiro atoms. The number of nitrogens with two attached hydrogens (primary N) is 2. The molecule has 1 fully saturated rings. The maximum atomic E-state index is 9.48. The normalized spacial score (nSPS) is 14.1. The Morgan fingerprint density at radius 3 is 2.59 bits per heavy atom. The van der Waals surface area contributed by atoms with Crippen LogP contribution in [0.3, 0.4) is 0 Å². The van der Waals surface area contributed by atoms with E-state index in [1.807, 2.05) is 13.0 Å². The Morgan fingerprint density at radius 2 is 1.93 bits per heavy atom. The molecule has 4 N–H and O–H groups in total. The fourth-order valence-corrected chi connectivity index (χ4v) is 4.24. The van der Waals surface area contributed by atoms with Crippen LogP contribution in [-0.4, -0.2) is 16.0 Å². The number of nitrogens with zero attached hydrogens (tertiary/aromatic N) is 3. The number of nitriles is 1. The van der Waals surface area contributed by atoms with Gasteiger partial charge in [0.05, 0.1) is 28.5 Å². The molecule has 1 aliphatic rings. The fourth-order valence-electron chi connectivity index (χ4n) is 4.05. The van der Waals surface area contributed by atoms with Crippen LogP contribution in [0.4, 0.5) is 5.69 Å². The first kappa shape index (κ1) is 20.7. The number of nitrogen functional groups attached to an aromatic ring is 1. The largest absolute Gasteiger partial charge is 0.396 e. The molecule has 0 aliphatic heterocycles. The number of hydrogen-bond acceptors (Lipinski definition) is 4. The second-order valence-corrected chi connectivity index (χ2v) is 7.64. The van der Waals surface area contributed by atoms with Gasteiger partial charge in [-0.3, -0.25) is 9.78 Å². The first-order valence-corrected chi connectivity index (χ1v) is 9.99. The van der Waals surface area contributed by atoms with Crippen molar-refractivity contribution in [2.45, 2.75) is 45.1 Å². The minimum Gasteiger partial charge on any atom is -0.396 e. The summed E-state index contributed by atoms with van der Waals surface area (Å²) in [5, 5.41) is 11.0. The van der Waals surface area contributed by atoms with Crippen molar-refractivity contribution in [2.24, 2.45) is 5.73 Å². The highest BCUT2D eigenvalue weighted by atomic mass is 35.5. The third kappa shape index (κ3) is 4.06. The zero-order valence-electron chi connectivity index (χ0n) is 16.4. The smallest absolute Gasteiger partial charge is 0.204 e. The first-order chi connectivity index (χ1) is 14.0. The Hall–Kier alpha value is -3.04. The second kappa shape index (κ2) is 8.97. The van der Waals surface area contributed by atoms with E-state index in [0.29, 0.717) is 22.3 Å². The number of benzene rings is 1. The lowest BCUT2D eigenvalue weighted by Gasteiger charge is -2.24. The summed E-state index contributed by atoms with van der Waals surface area (Å²) in [5.74, 6) is 0. The van der Waals surface area contributed by atoms with Crippen molar-refractivity contribution < 1.29 is 4.79 Å². The van der Waals surface area contributed by atoms with Crippen LogP contribution in [0, 0.1) is 18.3 Å². The van der Waals surface area contributed by atoms with Gasteiger partial charge in [-0.05, 0) is 37.5 Å². The number of primary amides is 1. The Balaban J connectivity index is 0.000000755. The Labute approximate surface area is 175 Å². The molecule has 0 radical (unpaired) electrons. The van der Waals surface area contributed by atoms with Crippen molar-refractivity contribution in [1.82, 2.24) is 9.55 Å². The molecule has 7 heteroatoms. The quantitative estimate of drug-likeness (QED) is 0.596. The van der Waals surface area contributed by atoms with Gasteiger partial charge in [-0.2, -0.15) is 5.26 Å². The van der Waals surface area contributed by atoms with E-state index in [1.165, 1.54) is 32.1 Å². The molecule has 6 nitrogen and oxygen atoms in total. The van der Waals surface area contributed by atoms with Crippen molar-refractivity contribution in [3.8, 4) is 17.2 Å². The number of hydrogen-bond donors (Lipinski definition) is 2. The molecule has 0 bridgehead atoms. The molecule has 150 valence electrons. The minimum absolute atomic E-state index is 0.250. The number of carbonyl (C=O) groups is 1. The summed E-state index contributed by atoms with van der Waals surface area (Å²) in [6.07, 6.45) is 11.9. The predicted octanol–water partition coefficient (Wildman–Crippen LogP) is 4.73. The minimum atomic E-state index is 0.250. The van der Waals surface area contributed by atoms with Gasteiger partial charge in [0.25, 0.3) is 0 Å². The van der Waals surface area contributed by atoms with Crippen LogP contribution in [0.1, 0.15) is 49.3 Å². The molecule has 1 aliphatic carbocycles. The van der Waals surface area contributed by atoms with E-state index in [2.05, 4.69) is 33.6 Å². The third-order valence-electron chi connectivity index (χ3n) is 5.47. The second-order valence-electron chi connectivity index (χ2n) is 7.26. The summed E-state index contributed by atoms with van der Waals surface area (Å²) in [4.78, 5) is 12.8. The fraction of sp³-hybridized carbons (Fsp3) is 0.318. The molecule has 4 rings (SSSR count). The summed E-state index contributed by atoms with van der Waals surface area (Å²) >= 11 is 6.49.